The Labute approximate surface area is 112 Å². The van der Waals surface area contributed by atoms with Crippen LogP contribution in [0, 0.1) is 0 Å². The third-order valence-electron chi connectivity index (χ3n) is 1.92. The average molecular weight is 352 g/mol. The molecule has 1 saturated heterocycles. The van der Waals surface area contributed by atoms with Crippen LogP contribution in [0.25, 0.3) is 0 Å². The molecule has 0 N–H and O–H groups in total. The van der Waals surface area contributed by atoms with Crippen LogP contribution in [-0.4, -0.2) is 24.9 Å². The summed E-state index contributed by atoms with van der Waals surface area (Å²) < 4.78 is 10.4. The predicted molar refractivity (Wildman–Crippen MR) is 74.4 cm³/mol. The van der Waals surface area contributed by atoms with E-state index in [0.29, 0.717) is 23.5 Å². The molecule has 0 aromatic heterocycles. The van der Waals surface area contributed by atoms with Gasteiger partial charge in [0, 0.05) is 11.3 Å². The van der Waals surface area contributed by atoms with Crippen LogP contribution in [0.3, 0.4) is 0 Å². The molecule has 0 spiro atoms. The highest BCUT2D eigenvalue weighted by atomic mass is 127. The van der Waals surface area contributed by atoms with E-state index in [0.717, 1.165) is 5.75 Å². The lowest BCUT2D eigenvalue weighted by atomic mass is 10.1. The van der Waals surface area contributed by atoms with Gasteiger partial charge in [-0.15, -0.1) is 0 Å². The number of carbonyl (C=O) groups is 1. The Morgan fingerprint density at radius 1 is 1.75 bits per heavy atom. The molecule has 5 heteroatoms. The van der Waals surface area contributed by atoms with Crippen molar-refractivity contribution in [3.05, 3.63) is 35.6 Å². The lowest BCUT2D eigenvalue weighted by Gasteiger charge is -2.07. The van der Waals surface area contributed by atoms with Gasteiger partial charge in [-0.05, 0) is 34.2 Å². The number of allylic oxidation sites excluding steroid dienone is 2. The minimum absolute atomic E-state index is 0.264. The molecular weight excluding hydrogens is 339 g/mol. The summed E-state index contributed by atoms with van der Waals surface area (Å²) in [4.78, 5) is 11.5. The molecule has 1 rings (SSSR count). The van der Waals surface area contributed by atoms with Gasteiger partial charge < -0.3 is 9.47 Å². The van der Waals surface area contributed by atoms with Crippen molar-refractivity contribution in [3.63, 3.8) is 0 Å². The Kier molecular flexibility index (Phi) is 5.97. The zero-order chi connectivity index (χ0) is 12.0. The molecular formula is C11H13IO3S. The van der Waals surface area contributed by atoms with Crippen LogP contribution in [0.1, 0.15) is 6.92 Å². The molecule has 0 amide bonds. The summed E-state index contributed by atoms with van der Waals surface area (Å²) in [5.74, 6) is 1.08. The van der Waals surface area contributed by atoms with E-state index in [9.17, 15) is 4.79 Å². The normalized spacial score (nSPS) is 19.1. The quantitative estimate of drug-likeness (QED) is 0.251. The molecule has 3 nitrogen and oxygen atoms in total. The first kappa shape index (κ1) is 13.6. The predicted octanol–water partition coefficient (Wildman–Crippen LogP) is 3.03. The summed E-state index contributed by atoms with van der Waals surface area (Å²) >= 11 is 2.21. The number of hydrogen-bond acceptors (Lipinski definition) is 4. The van der Waals surface area contributed by atoms with E-state index in [2.05, 4.69) is 27.8 Å². The minimum atomic E-state index is -0.347. The van der Waals surface area contributed by atoms with Crippen LogP contribution in [0.15, 0.2) is 35.6 Å². The van der Waals surface area contributed by atoms with Crippen LogP contribution < -0.4 is 0 Å². The summed E-state index contributed by atoms with van der Waals surface area (Å²) in [7, 11) is 1.67. The fourth-order valence-corrected chi connectivity index (χ4v) is 1.94. The van der Waals surface area contributed by atoms with Gasteiger partial charge in [0.15, 0.2) is 0 Å². The van der Waals surface area contributed by atoms with Crippen molar-refractivity contribution in [1.29, 1.82) is 0 Å². The van der Waals surface area contributed by atoms with Gasteiger partial charge in [0.2, 0.25) is 0 Å². The summed E-state index contributed by atoms with van der Waals surface area (Å²) in [5.41, 5.74) is 1.15. The standard InChI is InChI=1S/C11H13IO3S/c1-3-4-9(14-5-6-16-12)10-8(2)7-15-11(10)13/h3-4H,2,5-7H2,1H3/b4-3-,10-9-. The monoisotopic (exact) mass is 352 g/mol. The van der Waals surface area contributed by atoms with Gasteiger partial charge in [0.05, 0.1) is 6.61 Å². The number of carbonyl (C=O) groups excluding carboxylic acids is 1. The second-order valence-electron chi connectivity index (χ2n) is 3.08. The first-order valence-corrected chi connectivity index (χ1v) is 8.32. The van der Waals surface area contributed by atoms with Crippen molar-refractivity contribution in [2.75, 3.05) is 19.0 Å². The molecule has 16 heavy (non-hydrogen) atoms. The first-order valence-electron chi connectivity index (χ1n) is 4.79. The van der Waals surface area contributed by atoms with Crippen molar-refractivity contribution in [2.24, 2.45) is 0 Å². The molecule has 1 fully saturated rings. The SMILES string of the molecule is C=C1COC(=O)/C1=C(/C=C\C)OCCSI. The van der Waals surface area contributed by atoms with E-state index < -0.39 is 0 Å². The van der Waals surface area contributed by atoms with Gasteiger partial charge in [-0.2, -0.15) is 0 Å². The third kappa shape index (κ3) is 3.55. The van der Waals surface area contributed by atoms with Gasteiger partial charge in [-0.25, -0.2) is 4.79 Å². The fraction of sp³-hybridized carbons (Fsp3) is 0.364. The largest absolute Gasteiger partial charge is 0.492 e. The Hall–Kier alpha value is -0.430. The van der Waals surface area contributed by atoms with Gasteiger partial charge in [-0.3, -0.25) is 0 Å². The molecule has 0 atom stereocenters. The Bertz CT molecular complexity index is 329. The van der Waals surface area contributed by atoms with Crippen molar-refractivity contribution >= 4 is 36.1 Å². The molecule has 0 bridgehead atoms. The molecule has 1 heterocycles. The van der Waals surface area contributed by atoms with E-state index >= 15 is 0 Å². The number of esters is 1. The summed E-state index contributed by atoms with van der Waals surface area (Å²) in [6.45, 7) is 6.50. The zero-order valence-electron chi connectivity index (χ0n) is 8.99. The number of ether oxygens (including phenoxy) is 2. The topological polar surface area (TPSA) is 35.5 Å². The maximum Gasteiger partial charge on any atom is 0.342 e. The lowest BCUT2D eigenvalue weighted by molar-refractivity contribution is -0.135. The van der Waals surface area contributed by atoms with E-state index in [-0.39, 0.29) is 12.6 Å². The molecule has 1 aliphatic heterocycles. The van der Waals surface area contributed by atoms with E-state index in [1.165, 1.54) is 0 Å². The van der Waals surface area contributed by atoms with Crippen LogP contribution in [0.2, 0.25) is 0 Å². The highest BCUT2D eigenvalue weighted by molar-refractivity contribution is 14.2. The number of cyclic esters (lactones) is 1. The molecule has 0 aliphatic carbocycles. The Balaban J connectivity index is 2.85. The summed E-state index contributed by atoms with van der Waals surface area (Å²) in [5, 5.41) is 0. The zero-order valence-corrected chi connectivity index (χ0v) is 12.0. The van der Waals surface area contributed by atoms with Gasteiger partial charge in [0.1, 0.15) is 17.9 Å². The Morgan fingerprint density at radius 2 is 2.50 bits per heavy atom. The van der Waals surface area contributed by atoms with Crippen LogP contribution in [-0.2, 0) is 14.3 Å². The first-order chi connectivity index (χ1) is 7.70. The second-order valence-corrected chi connectivity index (χ2v) is 5.58. The second kappa shape index (κ2) is 7.01. The maximum atomic E-state index is 11.5. The number of halogens is 1. The molecule has 88 valence electrons. The van der Waals surface area contributed by atoms with Crippen molar-refractivity contribution in [3.8, 4) is 0 Å². The average Bonchev–Trinajstić information content (AvgIpc) is 2.58. The molecule has 0 aromatic rings. The van der Waals surface area contributed by atoms with Crippen molar-refractivity contribution < 1.29 is 14.3 Å². The van der Waals surface area contributed by atoms with Gasteiger partial charge in [-0.1, -0.05) is 21.6 Å². The van der Waals surface area contributed by atoms with Crippen LogP contribution in [0.5, 0.6) is 0 Å². The maximum absolute atomic E-state index is 11.5. The number of hydrogen-bond donors (Lipinski definition) is 0. The van der Waals surface area contributed by atoms with Gasteiger partial charge >= 0.3 is 5.97 Å². The number of rotatable bonds is 5. The van der Waals surface area contributed by atoms with Crippen molar-refractivity contribution in [1.82, 2.24) is 0 Å². The van der Waals surface area contributed by atoms with E-state index in [1.54, 1.807) is 15.0 Å². The fourth-order valence-electron chi connectivity index (χ4n) is 1.25. The minimum Gasteiger partial charge on any atom is -0.492 e. The molecule has 1 aliphatic rings. The van der Waals surface area contributed by atoms with Crippen molar-refractivity contribution in [2.45, 2.75) is 6.92 Å². The Morgan fingerprint density at radius 3 is 3.00 bits per heavy atom. The summed E-state index contributed by atoms with van der Waals surface area (Å²) in [6.07, 6.45) is 3.60. The van der Waals surface area contributed by atoms with Gasteiger partial charge in [0.25, 0.3) is 0 Å². The smallest absolute Gasteiger partial charge is 0.342 e. The highest BCUT2D eigenvalue weighted by Crippen LogP contribution is 2.24. The highest BCUT2D eigenvalue weighted by Gasteiger charge is 2.27. The molecule has 0 aromatic carbocycles. The third-order valence-corrected chi connectivity index (χ3v) is 3.56. The lowest BCUT2D eigenvalue weighted by Crippen LogP contribution is -2.04. The van der Waals surface area contributed by atoms with E-state index in [4.69, 9.17) is 9.47 Å². The van der Waals surface area contributed by atoms with Crippen LogP contribution >= 0.6 is 30.1 Å². The summed E-state index contributed by atoms with van der Waals surface area (Å²) in [6, 6.07) is 0. The van der Waals surface area contributed by atoms with Crippen LogP contribution in [0.4, 0.5) is 0 Å². The molecule has 0 unspecified atom stereocenters. The molecule has 0 saturated carbocycles. The molecule has 0 radical (unpaired) electrons. The van der Waals surface area contributed by atoms with E-state index in [1.807, 2.05) is 13.0 Å².